The Balaban J connectivity index is 1.85. The third-order valence-electron chi connectivity index (χ3n) is 4.29. The number of hydrogen-bond acceptors (Lipinski definition) is 4. The first kappa shape index (κ1) is 14.8. The summed E-state index contributed by atoms with van der Waals surface area (Å²) in [6.45, 7) is 7.63. The van der Waals surface area contributed by atoms with Crippen molar-refractivity contribution in [2.24, 2.45) is 5.92 Å². The number of aliphatic hydroxyl groups is 1. The lowest BCUT2D eigenvalue weighted by molar-refractivity contribution is -0.136. The van der Waals surface area contributed by atoms with Gasteiger partial charge in [0.2, 0.25) is 5.91 Å². The first-order chi connectivity index (χ1) is 9.20. The van der Waals surface area contributed by atoms with Gasteiger partial charge in [-0.3, -0.25) is 9.69 Å². The van der Waals surface area contributed by atoms with Crippen LogP contribution >= 0.6 is 0 Å². The maximum absolute atomic E-state index is 12.5. The molecule has 2 unspecified atom stereocenters. The van der Waals surface area contributed by atoms with E-state index in [1.807, 2.05) is 4.90 Å². The van der Waals surface area contributed by atoms with E-state index in [9.17, 15) is 4.79 Å². The molecule has 2 atom stereocenters. The Morgan fingerprint density at radius 1 is 1.32 bits per heavy atom. The van der Waals surface area contributed by atoms with Gasteiger partial charge in [-0.25, -0.2) is 0 Å². The molecule has 0 aromatic rings. The number of carbonyl (C=O) groups excluding carboxylic acids is 1. The fourth-order valence-electron chi connectivity index (χ4n) is 3.17. The lowest BCUT2D eigenvalue weighted by Crippen LogP contribution is -2.45. The smallest absolute Gasteiger partial charge is 0.225 e. The van der Waals surface area contributed by atoms with Gasteiger partial charge in [0.1, 0.15) is 0 Å². The Labute approximate surface area is 115 Å². The molecule has 0 aromatic carbocycles. The number of β-amino-alcohol motifs (C(OH)–C–C–N with tert-alkyl or cyclic N) is 1. The predicted octanol–water partition coefficient (Wildman–Crippen LogP) is -0.0989. The SMILES string of the molecule is CC1CC(C(=O)N2CCCN(CCO)CC2)CCN1. The second kappa shape index (κ2) is 7.22. The number of nitrogens with zero attached hydrogens (tertiary/aromatic N) is 2. The van der Waals surface area contributed by atoms with Crippen LogP contribution in [0.2, 0.25) is 0 Å². The summed E-state index contributed by atoms with van der Waals surface area (Å²) in [5, 5.41) is 12.4. The van der Waals surface area contributed by atoms with Crippen LogP contribution in [-0.4, -0.2) is 72.7 Å². The number of aliphatic hydroxyl groups excluding tert-OH is 1. The van der Waals surface area contributed by atoms with Crippen molar-refractivity contribution in [1.29, 1.82) is 0 Å². The van der Waals surface area contributed by atoms with E-state index in [-0.39, 0.29) is 12.5 Å². The topological polar surface area (TPSA) is 55.8 Å². The molecule has 0 radical (unpaired) electrons. The summed E-state index contributed by atoms with van der Waals surface area (Å²) in [6, 6.07) is 0.459. The van der Waals surface area contributed by atoms with Gasteiger partial charge in [0.05, 0.1) is 6.61 Å². The second-order valence-electron chi connectivity index (χ2n) is 5.82. The standard InChI is InChI=1S/C14H27N3O2/c1-12-11-13(3-4-15-12)14(19)17-6-2-5-16(7-8-17)9-10-18/h12-13,15,18H,2-11H2,1H3. The Bertz CT molecular complexity index is 298. The average molecular weight is 269 g/mol. The molecule has 0 bridgehead atoms. The summed E-state index contributed by atoms with van der Waals surface area (Å²) in [5.74, 6) is 0.555. The molecule has 5 heteroatoms. The molecular weight excluding hydrogens is 242 g/mol. The van der Waals surface area contributed by atoms with Crippen molar-refractivity contribution in [3.05, 3.63) is 0 Å². The normalized spacial score (nSPS) is 30.1. The van der Waals surface area contributed by atoms with Crippen LogP contribution < -0.4 is 5.32 Å². The van der Waals surface area contributed by atoms with Crippen LogP contribution in [0.5, 0.6) is 0 Å². The van der Waals surface area contributed by atoms with E-state index >= 15 is 0 Å². The van der Waals surface area contributed by atoms with Gasteiger partial charge in [-0.1, -0.05) is 0 Å². The molecule has 1 amide bonds. The highest BCUT2D eigenvalue weighted by molar-refractivity contribution is 5.79. The van der Waals surface area contributed by atoms with Crippen molar-refractivity contribution < 1.29 is 9.90 Å². The fourth-order valence-corrected chi connectivity index (χ4v) is 3.17. The highest BCUT2D eigenvalue weighted by Gasteiger charge is 2.29. The quantitative estimate of drug-likeness (QED) is 0.751. The summed E-state index contributed by atoms with van der Waals surface area (Å²) >= 11 is 0. The first-order valence-electron chi connectivity index (χ1n) is 7.56. The van der Waals surface area contributed by atoms with Gasteiger partial charge < -0.3 is 15.3 Å². The minimum Gasteiger partial charge on any atom is -0.395 e. The Morgan fingerprint density at radius 2 is 2.16 bits per heavy atom. The second-order valence-corrected chi connectivity index (χ2v) is 5.82. The number of amides is 1. The highest BCUT2D eigenvalue weighted by atomic mass is 16.3. The van der Waals surface area contributed by atoms with Crippen LogP contribution in [0.1, 0.15) is 26.2 Å². The monoisotopic (exact) mass is 269 g/mol. The average Bonchev–Trinajstić information content (AvgIpc) is 2.64. The molecule has 5 nitrogen and oxygen atoms in total. The van der Waals surface area contributed by atoms with Crippen LogP contribution in [0.15, 0.2) is 0 Å². The number of hydrogen-bond donors (Lipinski definition) is 2. The number of nitrogens with one attached hydrogen (secondary N) is 1. The van der Waals surface area contributed by atoms with Crippen molar-refractivity contribution in [3.63, 3.8) is 0 Å². The van der Waals surface area contributed by atoms with E-state index < -0.39 is 0 Å². The highest BCUT2D eigenvalue weighted by Crippen LogP contribution is 2.19. The van der Waals surface area contributed by atoms with Crippen LogP contribution in [0.3, 0.4) is 0 Å². The van der Waals surface area contributed by atoms with Crippen molar-refractivity contribution in [2.45, 2.75) is 32.2 Å². The predicted molar refractivity (Wildman–Crippen MR) is 74.9 cm³/mol. The number of piperidine rings is 1. The number of carbonyl (C=O) groups is 1. The van der Waals surface area contributed by atoms with E-state index in [2.05, 4.69) is 17.1 Å². The van der Waals surface area contributed by atoms with E-state index in [0.29, 0.717) is 11.9 Å². The summed E-state index contributed by atoms with van der Waals surface area (Å²) in [6.07, 6.45) is 2.96. The first-order valence-corrected chi connectivity index (χ1v) is 7.56. The van der Waals surface area contributed by atoms with E-state index in [4.69, 9.17) is 5.11 Å². The lowest BCUT2D eigenvalue weighted by atomic mass is 9.92. The molecule has 2 aliphatic heterocycles. The summed E-state index contributed by atoms with van der Waals surface area (Å²) in [4.78, 5) is 16.8. The van der Waals surface area contributed by atoms with Crippen LogP contribution in [0.4, 0.5) is 0 Å². The molecule has 2 fully saturated rings. The molecule has 2 saturated heterocycles. The van der Waals surface area contributed by atoms with Crippen molar-refractivity contribution in [2.75, 3.05) is 45.9 Å². The molecule has 0 saturated carbocycles. The third kappa shape index (κ3) is 4.16. The molecule has 0 spiro atoms. The lowest BCUT2D eigenvalue weighted by Gasteiger charge is -2.31. The Hall–Kier alpha value is -0.650. The molecular formula is C14H27N3O2. The van der Waals surface area contributed by atoms with Crippen LogP contribution in [0, 0.1) is 5.92 Å². The number of rotatable bonds is 3. The minimum atomic E-state index is 0.208. The van der Waals surface area contributed by atoms with E-state index in [1.165, 1.54) is 0 Å². The molecule has 19 heavy (non-hydrogen) atoms. The van der Waals surface area contributed by atoms with Crippen LogP contribution in [-0.2, 0) is 4.79 Å². The minimum absolute atomic E-state index is 0.208. The maximum Gasteiger partial charge on any atom is 0.225 e. The van der Waals surface area contributed by atoms with E-state index in [0.717, 1.165) is 58.5 Å². The maximum atomic E-state index is 12.5. The molecule has 0 aliphatic carbocycles. The van der Waals surface area contributed by atoms with Crippen molar-refractivity contribution in [3.8, 4) is 0 Å². The molecule has 0 aromatic heterocycles. The Morgan fingerprint density at radius 3 is 2.89 bits per heavy atom. The summed E-state index contributed by atoms with van der Waals surface area (Å²) in [5.41, 5.74) is 0. The van der Waals surface area contributed by atoms with Gasteiger partial charge in [0.15, 0.2) is 0 Å². The van der Waals surface area contributed by atoms with Gasteiger partial charge in [-0.2, -0.15) is 0 Å². The third-order valence-corrected chi connectivity index (χ3v) is 4.29. The van der Waals surface area contributed by atoms with Gasteiger partial charge >= 0.3 is 0 Å². The zero-order valence-corrected chi connectivity index (χ0v) is 12.0. The van der Waals surface area contributed by atoms with Gasteiger partial charge in [-0.15, -0.1) is 0 Å². The van der Waals surface area contributed by atoms with Crippen molar-refractivity contribution >= 4 is 5.91 Å². The molecule has 2 heterocycles. The van der Waals surface area contributed by atoms with E-state index in [1.54, 1.807) is 0 Å². The molecule has 2 N–H and O–H groups in total. The zero-order chi connectivity index (χ0) is 13.7. The van der Waals surface area contributed by atoms with Gasteiger partial charge in [-0.05, 0) is 39.3 Å². The zero-order valence-electron chi connectivity index (χ0n) is 12.0. The molecule has 2 rings (SSSR count). The molecule has 2 aliphatic rings. The summed E-state index contributed by atoms with van der Waals surface area (Å²) < 4.78 is 0. The van der Waals surface area contributed by atoms with Crippen molar-refractivity contribution in [1.82, 2.24) is 15.1 Å². The molecule has 110 valence electrons. The van der Waals surface area contributed by atoms with Gasteiger partial charge in [0.25, 0.3) is 0 Å². The largest absolute Gasteiger partial charge is 0.395 e. The summed E-state index contributed by atoms with van der Waals surface area (Å²) in [7, 11) is 0. The fraction of sp³-hybridized carbons (Fsp3) is 0.929. The van der Waals surface area contributed by atoms with Gasteiger partial charge in [0, 0.05) is 38.1 Å². The Kier molecular flexibility index (Phi) is 5.60. The van der Waals surface area contributed by atoms with Crippen LogP contribution in [0.25, 0.3) is 0 Å².